The maximum Gasteiger partial charge on any atom is 0.326 e. The zero-order valence-electron chi connectivity index (χ0n) is 9.93. The molecule has 0 fully saturated rings. The molecule has 1 aliphatic rings. The van der Waals surface area contributed by atoms with Crippen LogP contribution in [0.15, 0.2) is 17.1 Å². The van der Waals surface area contributed by atoms with E-state index < -0.39 is 24.0 Å². The largest absolute Gasteiger partial charge is 0.480 e. The molecule has 17 heavy (non-hydrogen) atoms. The number of hydrogen-bond acceptors (Lipinski definition) is 4. The second-order valence-electron chi connectivity index (χ2n) is 4.41. The van der Waals surface area contributed by atoms with Crippen molar-refractivity contribution in [1.29, 1.82) is 0 Å². The molecule has 0 saturated carbocycles. The minimum absolute atomic E-state index is 0.192. The lowest BCUT2D eigenvalue weighted by Crippen LogP contribution is -2.47. The second kappa shape index (κ2) is 4.99. The van der Waals surface area contributed by atoms with Gasteiger partial charge < -0.3 is 16.2 Å². The molecule has 4 N–H and O–H groups in total. The summed E-state index contributed by atoms with van der Waals surface area (Å²) < 4.78 is 0. The number of nitrogens with two attached hydrogens (primary N) is 1. The van der Waals surface area contributed by atoms with Crippen LogP contribution >= 0.6 is 0 Å². The van der Waals surface area contributed by atoms with Crippen molar-refractivity contribution in [1.82, 2.24) is 5.32 Å². The van der Waals surface area contributed by atoms with Gasteiger partial charge in [-0.1, -0.05) is 20.4 Å². The van der Waals surface area contributed by atoms with Gasteiger partial charge in [0, 0.05) is 6.42 Å². The van der Waals surface area contributed by atoms with Gasteiger partial charge in [-0.15, -0.1) is 0 Å². The molecule has 0 bridgehead atoms. The normalized spacial score (nSPS) is 21.2. The molecule has 0 saturated heterocycles. The van der Waals surface area contributed by atoms with Crippen LogP contribution in [0, 0.1) is 5.92 Å². The van der Waals surface area contributed by atoms with Crippen LogP contribution in [-0.2, 0) is 9.59 Å². The number of carboxylic acid groups (broad SMARTS) is 1. The lowest BCUT2D eigenvalue weighted by atomic mass is 10.0. The molecule has 1 rings (SSSR count). The quantitative estimate of drug-likeness (QED) is 0.637. The second-order valence-corrected chi connectivity index (χ2v) is 4.41. The fourth-order valence-electron chi connectivity index (χ4n) is 1.56. The highest BCUT2D eigenvalue weighted by Gasteiger charge is 2.30. The summed E-state index contributed by atoms with van der Waals surface area (Å²) in [6.45, 7) is 7.12. The summed E-state index contributed by atoms with van der Waals surface area (Å²) in [4.78, 5) is 26.6. The maximum absolute atomic E-state index is 11.8. The molecule has 0 aromatic carbocycles. The summed E-state index contributed by atoms with van der Waals surface area (Å²) >= 11 is 0. The number of aliphatic carboxylic acids is 1. The first-order valence-electron chi connectivity index (χ1n) is 5.37. The molecular formula is C11H17N3O3. The van der Waals surface area contributed by atoms with Crippen molar-refractivity contribution < 1.29 is 14.7 Å². The Balaban J connectivity index is 2.67. The third-order valence-electron chi connectivity index (χ3n) is 2.63. The molecule has 2 atom stereocenters. The van der Waals surface area contributed by atoms with Crippen molar-refractivity contribution >= 4 is 17.7 Å². The number of rotatable bonds is 4. The number of carbonyl (C=O) groups excluding carboxylic acids is 1. The minimum Gasteiger partial charge on any atom is -0.480 e. The van der Waals surface area contributed by atoms with E-state index in [0.29, 0.717) is 12.0 Å². The first-order valence-corrected chi connectivity index (χ1v) is 5.37. The van der Waals surface area contributed by atoms with Gasteiger partial charge in [-0.3, -0.25) is 9.79 Å². The van der Waals surface area contributed by atoms with Crippen LogP contribution in [0.4, 0.5) is 0 Å². The van der Waals surface area contributed by atoms with E-state index in [2.05, 4.69) is 16.9 Å². The minimum atomic E-state index is -1.05. The monoisotopic (exact) mass is 239 g/mol. The molecule has 0 aliphatic carbocycles. The van der Waals surface area contributed by atoms with E-state index in [1.54, 1.807) is 13.8 Å². The molecule has 0 spiro atoms. The zero-order valence-corrected chi connectivity index (χ0v) is 9.93. The van der Waals surface area contributed by atoms with Crippen molar-refractivity contribution in [2.45, 2.75) is 32.4 Å². The van der Waals surface area contributed by atoms with Crippen molar-refractivity contribution in [2.24, 2.45) is 16.6 Å². The van der Waals surface area contributed by atoms with Gasteiger partial charge in [0.2, 0.25) is 5.91 Å². The number of carbonyl (C=O) groups is 2. The van der Waals surface area contributed by atoms with E-state index in [1.807, 2.05) is 0 Å². The first-order chi connectivity index (χ1) is 7.82. The fraction of sp³-hybridized carbons (Fsp3) is 0.545. The molecule has 6 heteroatoms. The van der Waals surface area contributed by atoms with Crippen molar-refractivity contribution in [3.8, 4) is 0 Å². The van der Waals surface area contributed by atoms with Crippen LogP contribution in [-0.4, -0.2) is 34.9 Å². The number of amides is 1. The Morgan fingerprint density at radius 1 is 1.59 bits per heavy atom. The number of amidine groups is 1. The average Bonchev–Trinajstić information content (AvgIpc) is 2.54. The van der Waals surface area contributed by atoms with Crippen LogP contribution in [0.1, 0.15) is 20.3 Å². The van der Waals surface area contributed by atoms with E-state index in [1.165, 1.54) is 0 Å². The summed E-state index contributed by atoms with van der Waals surface area (Å²) in [7, 11) is 0. The predicted molar refractivity (Wildman–Crippen MR) is 63.6 cm³/mol. The van der Waals surface area contributed by atoms with Crippen LogP contribution in [0.3, 0.4) is 0 Å². The van der Waals surface area contributed by atoms with Gasteiger partial charge in [0.05, 0.1) is 0 Å². The lowest BCUT2D eigenvalue weighted by Gasteiger charge is -2.19. The van der Waals surface area contributed by atoms with Crippen molar-refractivity contribution in [3.63, 3.8) is 0 Å². The third-order valence-corrected chi connectivity index (χ3v) is 2.63. The molecule has 94 valence electrons. The lowest BCUT2D eigenvalue weighted by molar-refractivity contribution is -0.143. The fourth-order valence-corrected chi connectivity index (χ4v) is 1.56. The highest BCUT2D eigenvalue weighted by molar-refractivity contribution is 6.02. The summed E-state index contributed by atoms with van der Waals surface area (Å²) in [5.74, 6) is -1.40. The number of carboxylic acids is 1. The molecule has 1 amide bonds. The number of nitrogens with zero attached hydrogens (tertiary/aromatic N) is 1. The molecule has 1 aliphatic heterocycles. The highest BCUT2D eigenvalue weighted by atomic mass is 16.4. The molecule has 6 nitrogen and oxygen atoms in total. The van der Waals surface area contributed by atoms with Gasteiger partial charge in [0.15, 0.2) is 0 Å². The Bertz CT molecular complexity index is 387. The zero-order chi connectivity index (χ0) is 13.2. The average molecular weight is 239 g/mol. The smallest absolute Gasteiger partial charge is 0.326 e. The maximum atomic E-state index is 11.8. The van der Waals surface area contributed by atoms with Gasteiger partial charge >= 0.3 is 5.97 Å². The predicted octanol–water partition coefficient (Wildman–Crippen LogP) is -0.102. The van der Waals surface area contributed by atoms with Crippen LogP contribution in [0.5, 0.6) is 0 Å². The summed E-state index contributed by atoms with van der Waals surface area (Å²) in [5.41, 5.74) is 6.12. The van der Waals surface area contributed by atoms with Crippen LogP contribution in [0.25, 0.3) is 0 Å². The van der Waals surface area contributed by atoms with Crippen molar-refractivity contribution in [2.75, 3.05) is 0 Å². The summed E-state index contributed by atoms with van der Waals surface area (Å²) in [6.07, 6.45) is 0.349. The van der Waals surface area contributed by atoms with Gasteiger partial charge in [-0.2, -0.15) is 0 Å². The van der Waals surface area contributed by atoms with E-state index in [4.69, 9.17) is 10.8 Å². The SMILES string of the molecule is C=C1C[C@H](C(=O)N[C@H](C(=O)O)C(C)C)N=C1N. The molecular weight excluding hydrogens is 222 g/mol. The standard InChI is InChI=1S/C11H17N3O3/c1-5(2)8(11(16)17)14-10(15)7-4-6(3)9(12)13-7/h5,7-8H,3-4H2,1-2H3,(H2,12,13)(H,14,15)(H,16,17)/t7-,8+/m1/s1. The van der Waals surface area contributed by atoms with E-state index in [0.717, 1.165) is 0 Å². The molecule has 0 radical (unpaired) electrons. The number of hydrogen-bond donors (Lipinski definition) is 3. The Labute approximate surface area is 99.6 Å². The first kappa shape index (κ1) is 13.2. The van der Waals surface area contributed by atoms with Crippen LogP contribution in [0.2, 0.25) is 0 Å². The van der Waals surface area contributed by atoms with Gasteiger partial charge in [-0.05, 0) is 11.5 Å². The van der Waals surface area contributed by atoms with Crippen LogP contribution < -0.4 is 11.1 Å². The Morgan fingerprint density at radius 2 is 2.18 bits per heavy atom. The highest BCUT2D eigenvalue weighted by Crippen LogP contribution is 2.16. The Hall–Kier alpha value is -1.85. The topological polar surface area (TPSA) is 105 Å². The van der Waals surface area contributed by atoms with E-state index in [-0.39, 0.29) is 11.8 Å². The van der Waals surface area contributed by atoms with E-state index in [9.17, 15) is 9.59 Å². The number of nitrogens with one attached hydrogen (secondary N) is 1. The molecule has 0 aromatic heterocycles. The van der Waals surface area contributed by atoms with Gasteiger partial charge in [-0.25, -0.2) is 4.79 Å². The van der Waals surface area contributed by atoms with Gasteiger partial charge in [0.1, 0.15) is 17.9 Å². The number of aliphatic imine (C=N–C) groups is 1. The summed E-state index contributed by atoms with van der Waals surface area (Å²) in [6, 6.07) is -1.56. The van der Waals surface area contributed by atoms with Crippen molar-refractivity contribution in [3.05, 3.63) is 12.2 Å². The molecule has 1 heterocycles. The van der Waals surface area contributed by atoms with Gasteiger partial charge in [0.25, 0.3) is 0 Å². The Morgan fingerprint density at radius 3 is 2.53 bits per heavy atom. The molecule has 0 unspecified atom stereocenters. The Kier molecular flexibility index (Phi) is 3.88. The third kappa shape index (κ3) is 3.05. The van der Waals surface area contributed by atoms with E-state index >= 15 is 0 Å². The molecule has 0 aromatic rings. The summed E-state index contributed by atoms with van der Waals surface area (Å²) in [5, 5.41) is 11.4.